The third-order valence-corrected chi connectivity index (χ3v) is 6.67. The second-order valence-electron chi connectivity index (χ2n) is 7.58. The van der Waals surface area contributed by atoms with E-state index in [9.17, 15) is 9.59 Å². The van der Waals surface area contributed by atoms with Crippen LogP contribution in [0.25, 0.3) is 11.1 Å². The van der Waals surface area contributed by atoms with Gasteiger partial charge in [-0.2, -0.15) is 11.8 Å². The van der Waals surface area contributed by atoms with Crippen molar-refractivity contribution in [2.75, 3.05) is 18.1 Å². The number of carbonyl (C=O) groups is 2. The molecule has 6 heteroatoms. The van der Waals surface area contributed by atoms with Crippen molar-refractivity contribution in [2.24, 2.45) is 0 Å². The van der Waals surface area contributed by atoms with Gasteiger partial charge in [-0.25, -0.2) is 4.79 Å². The molecule has 0 amide bonds. The van der Waals surface area contributed by atoms with Gasteiger partial charge in [-0.05, 0) is 72.2 Å². The molecule has 3 rings (SSSR count). The molecule has 0 spiro atoms. The maximum atomic E-state index is 12.8. The van der Waals surface area contributed by atoms with Crippen LogP contribution in [-0.4, -0.2) is 35.7 Å². The molecule has 0 radical (unpaired) electrons. The summed E-state index contributed by atoms with van der Waals surface area (Å²) in [4.78, 5) is 25.3. The lowest BCUT2D eigenvalue weighted by molar-refractivity contribution is -0.183. The fraction of sp³-hybridized carbons (Fsp3) is 0.417. The second-order valence-corrected chi connectivity index (χ2v) is 9.24. The van der Waals surface area contributed by atoms with Crippen molar-refractivity contribution in [1.29, 1.82) is 0 Å². The van der Waals surface area contributed by atoms with Crippen molar-refractivity contribution < 1.29 is 19.1 Å². The lowest BCUT2D eigenvalue weighted by Crippen LogP contribution is -2.47. The third kappa shape index (κ3) is 5.19. The van der Waals surface area contributed by atoms with Gasteiger partial charge in [0.15, 0.2) is 0 Å². The van der Waals surface area contributed by atoms with Crippen molar-refractivity contribution in [2.45, 2.75) is 45.6 Å². The molecule has 30 heavy (non-hydrogen) atoms. The van der Waals surface area contributed by atoms with E-state index in [0.717, 1.165) is 39.3 Å². The van der Waals surface area contributed by atoms with Crippen LogP contribution in [0.15, 0.2) is 36.4 Å². The Bertz CT molecular complexity index is 918. The monoisotopic (exact) mass is 446 g/mol. The molecule has 0 saturated carbocycles. The molecule has 0 aliphatic carbocycles. The number of carbonyl (C=O) groups excluding carboxylic acids is 2. The van der Waals surface area contributed by atoms with Gasteiger partial charge >= 0.3 is 11.9 Å². The van der Waals surface area contributed by atoms with E-state index in [-0.39, 0.29) is 13.0 Å². The highest BCUT2D eigenvalue weighted by Gasteiger charge is 2.45. The number of esters is 2. The Kier molecular flexibility index (Phi) is 7.48. The van der Waals surface area contributed by atoms with Gasteiger partial charge in [0, 0.05) is 17.9 Å². The Morgan fingerprint density at radius 2 is 1.73 bits per heavy atom. The molecule has 1 aliphatic rings. The van der Waals surface area contributed by atoms with Crippen molar-refractivity contribution in [3.63, 3.8) is 0 Å². The molecule has 1 aliphatic heterocycles. The van der Waals surface area contributed by atoms with Gasteiger partial charge in [0.1, 0.15) is 0 Å². The van der Waals surface area contributed by atoms with Crippen LogP contribution in [0, 0.1) is 13.8 Å². The molecule has 2 aromatic rings. The molecule has 0 unspecified atom stereocenters. The number of benzene rings is 2. The maximum absolute atomic E-state index is 12.8. The maximum Gasteiger partial charge on any atom is 0.350 e. The van der Waals surface area contributed by atoms with E-state index in [1.54, 1.807) is 18.7 Å². The van der Waals surface area contributed by atoms with E-state index in [2.05, 4.69) is 6.07 Å². The molecule has 1 fully saturated rings. The quantitative estimate of drug-likeness (QED) is 0.545. The van der Waals surface area contributed by atoms with Crippen LogP contribution in [0.4, 0.5) is 0 Å². The van der Waals surface area contributed by atoms with Crippen molar-refractivity contribution in [3.8, 4) is 11.1 Å². The Balaban J connectivity index is 1.78. The summed E-state index contributed by atoms with van der Waals surface area (Å²) < 4.78 is 11.0. The highest BCUT2D eigenvalue weighted by molar-refractivity contribution is 7.99. The van der Waals surface area contributed by atoms with Gasteiger partial charge in [-0.15, -0.1) is 0 Å². The Hall–Kier alpha value is -1.98. The number of hydrogen-bond acceptors (Lipinski definition) is 5. The first-order valence-electron chi connectivity index (χ1n) is 10.2. The smallest absolute Gasteiger partial charge is 0.350 e. The van der Waals surface area contributed by atoms with Gasteiger partial charge in [0.2, 0.25) is 5.60 Å². The van der Waals surface area contributed by atoms with Crippen LogP contribution in [-0.2, 0) is 25.5 Å². The normalized spacial score (nSPS) is 15.5. The second kappa shape index (κ2) is 9.88. The summed E-state index contributed by atoms with van der Waals surface area (Å²) in [6.45, 7) is 6.05. The molecule has 2 aromatic carbocycles. The fourth-order valence-electron chi connectivity index (χ4n) is 3.73. The molecule has 1 saturated heterocycles. The molecule has 160 valence electrons. The average molecular weight is 447 g/mol. The molecule has 1 heterocycles. The van der Waals surface area contributed by atoms with E-state index in [0.29, 0.717) is 17.9 Å². The van der Waals surface area contributed by atoms with E-state index in [1.807, 2.05) is 44.2 Å². The molecule has 0 aromatic heterocycles. The summed E-state index contributed by atoms with van der Waals surface area (Å²) in [6.07, 6.45) is 1.12. The predicted octanol–water partition coefficient (Wildman–Crippen LogP) is 5.54. The number of ether oxygens (including phenoxy) is 2. The third-order valence-electron chi connectivity index (χ3n) is 5.43. The predicted molar refractivity (Wildman–Crippen MR) is 122 cm³/mol. The minimum absolute atomic E-state index is 0.127. The van der Waals surface area contributed by atoms with Crippen LogP contribution in [0.2, 0.25) is 5.02 Å². The van der Waals surface area contributed by atoms with Crippen LogP contribution in [0.1, 0.15) is 36.5 Å². The van der Waals surface area contributed by atoms with E-state index in [1.165, 1.54) is 0 Å². The summed E-state index contributed by atoms with van der Waals surface area (Å²) in [7, 11) is 0. The van der Waals surface area contributed by atoms with Gasteiger partial charge in [-0.1, -0.05) is 35.9 Å². The number of aryl methyl sites for hydroxylation is 2. The number of thioether (sulfide) groups is 1. The SMILES string of the molecule is CCOC(=O)C1(OC(=O)Cc2cc(C)c(-c3ccc(Cl)cc3)cc2C)CCSCC1. The Morgan fingerprint density at radius 3 is 2.37 bits per heavy atom. The average Bonchev–Trinajstić information content (AvgIpc) is 2.72. The van der Waals surface area contributed by atoms with Gasteiger partial charge in [0.25, 0.3) is 0 Å². The molecule has 0 atom stereocenters. The highest BCUT2D eigenvalue weighted by atomic mass is 35.5. The van der Waals surface area contributed by atoms with Gasteiger partial charge < -0.3 is 9.47 Å². The minimum Gasteiger partial charge on any atom is -0.463 e. The zero-order valence-electron chi connectivity index (χ0n) is 17.6. The zero-order chi connectivity index (χ0) is 21.7. The minimum atomic E-state index is -1.15. The molecule has 4 nitrogen and oxygen atoms in total. The molecule has 0 bridgehead atoms. The Labute approximate surface area is 187 Å². The topological polar surface area (TPSA) is 52.6 Å². The first kappa shape index (κ1) is 22.7. The van der Waals surface area contributed by atoms with Crippen LogP contribution >= 0.6 is 23.4 Å². The number of halogens is 1. The molecule has 0 N–H and O–H groups in total. The summed E-state index contributed by atoms with van der Waals surface area (Å²) in [5.74, 6) is 0.737. The van der Waals surface area contributed by atoms with Crippen LogP contribution < -0.4 is 0 Å². The van der Waals surface area contributed by atoms with Crippen molar-refractivity contribution >= 4 is 35.3 Å². The van der Waals surface area contributed by atoms with Crippen LogP contribution in [0.5, 0.6) is 0 Å². The van der Waals surface area contributed by atoms with Gasteiger partial charge in [-0.3, -0.25) is 4.79 Å². The summed E-state index contributed by atoms with van der Waals surface area (Å²) in [5, 5.41) is 0.698. The fourth-order valence-corrected chi connectivity index (χ4v) is 5.01. The largest absolute Gasteiger partial charge is 0.463 e. The lowest BCUT2D eigenvalue weighted by atomic mass is 9.93. The van der Waals surface area contributed by atoms with Crippen molar-refractivity contribution in [3.05, 3.63) is 58.1 Å². The summed E-state index contributed by atoms with van der Waals surface area (Å²) >= 11 is 7.76. The Morgan fingerprint density at radius 1 is 1.07 bits per heavy atom. The molecular weight excluding hydrogens is 420 g/mol. The lowest BCUT2D eigenvalue weighted by Gasteiger charge is -2.34. The first-order chi connectivity index (χ1) is 14.3. The zero-order valence-corrected chi connectivity index (χ0v) is 19.2. The summed E-state index contributed by atoms with van der Waals surface area (Å²) in [5.41, 5.74) is 4.01. The van der Waals surface area contributed by atoms with Gasteiger partial charge in [0.05, 0.1) is 13.0 Å². The number of rotatable bonds is 6. The van der Waals surface area contributed by atoms with E-state index < -0.39 is 17.5 Å². The standard InChI is InChI=1S/C24H27ClO4S/c1-4-28-23(27)24(9-11-30-12-10-24)29-22(26)15-19-13-17(3)21(14-16(19)2)18-5-7-20(25)8-6-18/h5-8,13-14H,4,9-12,15H2,1-3H3. The van der Waals surface area contributed by atoms with E-state index in [4.69, 9.17) is 21.1 Å². The highest BCUT2D eigenvalue weighted by Crippen LogP contribution is 2.33. The van der Waals surface area contributed by atoms with Crippen molar-refractivity contribution in [1.82, 2.24) is 0 Å². The first-order valence-corrected chi connectivity index (χ1v) is 11.7. The van der Waals surface area contributed by atoms with Crippen LogP contribution in [0.3, 0.4) is 0 Å². The number of hydrogen-bond donors (Lipinski definition) is 0. The molecular formula is C24H27ClO4S. The summed E-state index contributed by atoms with van der Waals surface area (Å²) in [6, 6.07) is 11.8. The van der Waals surface area contributed by atoms with E-state index >= 15 is 0 Å².